The first-order chi connectivity index (χ1) is 17.4. The molecule has 3 aromatic carbocycles. The van der Waals surface area contributed by atoms with Gasteiger partial charge in [-0.1, -0.05) is 54.2 Å². The Balaban J connectivity index is 1.38. The number of carboxylic acid groups (broad SMARTS) is 1. The predicted octanol–water partition coefficient (Wildman–Crippen LogP) is 5.20. The molecule has 3 aromatic rings. The van der Waals surface area contributed by atoms with Crippen LogP contribution in [0.3, 0.4) is 0 Å². The van der Waals surface area contributed by atoms with Crippen molar-refractivity contribution in [2.75, 3.05) is 23.4 Å². The van der Waals surface area contributed by atoms with Gasteiger partial charge in [0.05, 0.1) is 17.1 Å². The lowest BCUT2D eigenvalue weighted by molar-refractivity contribution is -0.137. The van der Waals surface area contributed by atoms with Gasteiger partial charge in [-0.25, -0.2) is 8.42 Å². The van der Waals surface area contributed by atoms with E-state index in [-0.39, 0.29) is 17.1 Å². The number of aliphatic imine (C=N–C) groups is 1. The quantitative estimate of drug-likeness (QED) is 0.375. The molecule has 0 saturated heterocycles. The van der Waals surface area contributed by atoms with Crippen LogP contribution in [0.25, 0.3) is 0 Å². The monoisotopic (exact) mass is 524 g/mol. The van der Waals surface area contributed by atoms with E-state index in [4.69, 9.17) is 4.74 Å². The molecular weight excluding hydrogens is 496 g/mol. The van der Waals surface area contributed by atoms with Crippen LogP contribution in [0.15, 0.2) is 88.8 Å². The Bertz CT molecular complexity index is 1310. The van der Waals surface area contributed by atoms with Crippen molar-refractivity contribution >= 4 is 38.4 Å². The molecule has 0 saturated carbocycles. The van der Waals surface area contributed by atoms with Crippen LogP contribution in [0, 0.1) is 0 Å². The number of amidine groups is 1. The number of anilines is 1. The average Bonchev–Trinajstić information content (AvgIpc) is 2.88. The van der Waals surface area contributed by atoms with Crippen molar-refractivity contribution < 1.29 is 23.1 Å². The fraction of sp³-hybridized carbons (Fsp3) is 0.259. The lowest BCUT2D eigenvalue weighted by atomic mass is 9.98. The summed E-state index contributed by atoms with van der Waals surface area (Å²) in [4.78, 5) is 16.0. The average molecular weight is 525 g/mol. The third-order valence-electron chi connectivity index (χ3n) is 5.68. The second kappa shape index (κ2) is 12.1. The van der Waals surface area contributed by atoms with E-state index in [9.17, 15) is 18.3 Å². The fourth-order valence-electron chi connectivity index (χ4n) is 3.88. The SMILES string of the molecule is O=C(O)CC(CS(=O)(=O)c1ccc(OCc2cccc(NC3=NCCCS3)c2)cc1)c1ccccc1. The van der Waals surface area contributed by atoms with Gasteiger partial charge < -0.3 is 15.2 Å². The predicted molar refractivity (Wildman–Crippen MR) is 144 cm³/mol. The number of carbonyl (C=O) groups is 1. The summed E-state index contributed by atoms with van der Waals surface area (Å²) < 4.78 is 31.9. The zero-order chi connectivity index (χ0) is 25.4. The Morgan fingerprint density at radius 2 is 1.83 bits per heavy atom. The largest absolute Gasteiger partial charge is 0.489 e. The van der Waals surface area contributed by atoms with Crippen molar-refractivity contribution in [2.24, 2.45) is 4.99 Å². The van der Waals surface area contributed by atoms with E-state index in [1.54, 1.807) is 48.2 Å². The first-order valence-corrected chi connectivity index (χ1v) is 14.3. The van der Waals surface area contributed by atoms with Crippen LogP contribution in [0.1, 0.15) is 29.9 Å². The molecule has 0 amide bonds. The summed E-state index contributed by atoms with van der Waals surface area (Å²) in [5, 5.41) is 13.5. The van der Waals surface area contributed by atoms with E-state index in [2.05, 4.69) is 10.3 Å². The van der Waals surface area contributed by atoms with Crippen molar-refractivity contribution in [2.45, 2.75) is 30.3 Å². The van der Waals surface area contributed by atoms with Crippen molar-refractivity contribution in [3.8, 4) is 5.75 Å². The number of sulfone groups is 1. The van der Waals surface area contributed by atoms with Crippen LogP contribution in [-0.4, -0.2) is 42.7 Å². The van der Waals surface area contributed by atoms with Gasteiger partial charge in [0.1, 0.15) is 12.4 Å². The number of nitrogens with zero attached hydrogens (tertiary/aromatic N) is 1. The molecule has 7 nitrogen and oxygen atoms in total. The van der Waals surface area contributed by atoms with Gasteiger partial charge in [0.25, 0.3) is 0 Å². The molecule has 0 bridgehead atoms. The van der Waals surface area contributed by atoms with Gasteiger partial charge in [-0.2, -0.15) is 0 Å². The summed E-state index contributed by atoms with van der Waals surface area (Å²) in [5.74, 6) is -0.347. The summed E-state index contributed by atoms with van der Waals surface area (Å²) in [6.45, 7) is 1.17. The number of hydrogen-bond acceptors (Lipinski definition) is 7. The molecule has 1 unspecified atom stereocenters. The van der Waals surface area contributed by atoms with Crippen molar-refractivity contribution in [1.29, 1.82) is 0 Å². The minimum absolute atomic E-state index is 0.137. The molecule has 0 aliphatic carbocycles. The Kier molecular flexibility index (Phi) is 8.66. The normalized spacial score (nSPS) is 14.5. The zero-order valence-electron chi connectivity index (χ0n) is 19.7. The van der Waals surface area contributed by atoms with E-state index in [0.29, 0.717) is 17.9 Å². The first kappa shape index (κ1) is 25.8. The molecule has 1 aliphatic rings. The van der Waals surface area contributed by atoms with Gasteiger partial charge >= 0.3 is 5.97 Å². The first-order valence-electron chi connectivity index (χ1n) is 11.6. The number of rotatable bonds is 10. The molecule has 2 N–H and O–H groups in total. The Morgan fingerprint density at radius 1 is 1.06 bits per heavy atom. The topological polar surface area (TPSA) is 105 Å². The fourth-order valence-corrected chi connectivity index (χ4v) is 6.30. The van der Waals surface area contributed by atoms with Crippen LogP contribution in [-0.2, 0) is 21.2 Å². The standard InChI is InChI=1S/C27H28N2O5S2/c30-26(31)17-22(21-7-2-1-3-8-21)19-36(32,33)25-12-10-24(11-13-25)34-18-20-6-4-9-23(16-20)29-27-28-14-5-15-35-27/h1-4,6-13,16,22H,5,14-15,17-19H2,(H,28,29)(H,30,31). The summed E-state index contributed by atoms with van der Waals surface area (Å²) >= 11 is 1.71. The van der Waals surface area contributed by atoms with Gasteiger partial charge in [0.15, 0.2) is 15.0 Å². The minimum Gasteiger partial charge on any atom is -0.489 e. The van der Waals surface area contributed by atoms with Crippen LogP contribution in [0.4, 0.5) is 5.69 Å². The number of nitrogens with one attached hydrogen (secondary N) is 1. The van der Waals surface area contributed by atoms with Crippen molar-refractivity contribution in [3.05, 3.63) is 90.0 Å². The Labute approximate surface area is 215 Å². The van der Waals surface area contributed by atoms with Gasteiger partial charge in [-0.3, -0.25) is 9.79 Å². The number of carboxylic acids is 1. The molecule has 188 valence electrons. The summed E-state index contributed by atoms with van der Waals surface area (Å²) in [7, 11) is -3.70. The number of aliphatic carboxylic acids is 1. The highest BCUT2D eigenvalue weighted by Gasteiger charge is 2.25. The molecule has 1 atom stereocenters. The highest BCUT2D eigenvalue weighted by Crippen LogP contribution is 2.26. The lowest BCUT2D eigenvalue weighted by Gasteiger charge is -2.16. The minimum atomic E-state index is -3.70. The molecule has 0 aromatic heterocycles. The maximum absolute atomic E-state index is 13.0. The Hall–Kier alpha value is -3.30. The number of hydrogen-bond donors (Lipinski definition) is 2. The van der Waals surface area contributed by atoms with Crippen molar-refractivity contribution in [1.82, 2.24) is 0 Å². The van der Waals surface area contributed by atoms with E-state index in [0.717, 1.165) is 35.1 Å². The van der Waals surface area contributed by atoms with Crippen molar-refractivity contribution in [3.63, 3.8) is 0 Å². The Morgan fingerprint density at radius 3 is 2.53 bits per heavy atom. The molecule has 1 heterocycles. The lowest BCUT2D eigenvalue weighted by Crippen LogP contribution is -2.18. The third kappa shape index (κ3) is 7.35. The smallest absolute Gasteiger partial charge is 0.303 e. The molecule has 0 radical (unpaired) electrons. The molecule has 4 rings (SSSR count). The van der Waals surface area contributed by atoms with Crippen LogP contribution < -0.4 is 10.1 Å². The van der Waals surface area contributed by atoms with Crippen LogP contribution >= 0.6 is 11.8 Å². The molecule has 1 aliphatic heterocycles. The van der Waals surface area contributed by atoms with Crippen LogP contribution in [0.5, 0.6) is 5.75 Å². The molecule has 9 heteroatoms. The zero-order valence-corrected chi connectivity index (χ0v) is 21.3. The van der Waals surface area contributed by atoms with Crippen LogP contribution in [0.2, 0.25) is 0 Å². The summed E-state index contributed by atoms with van der Waals surface area (Å²) in [5.41, 5.74) is 2.60. The number of thioether (sulfide) groups is 1. The van der Waals surface area contributed by atoms with Gasteiger partial charge in [-0.15, -0.1) is 0 Å². The maximum atomic E-state index is 13.0. The van der Waals surface area contributed by atoms with E-state index in [1.165, 1.54) is 12.1 Å². The maximum Gasteiger partial charge on any atom is 0.303 e. The molecule has 36 heavy (non-hydrogen) atoms. The van der Waals surface area contributed by atoms with E-state index >= 15 is 0 Å². The van der Waals surface area contributed by atoms with Gasteiger partial charge in [0, 0.05) is 23.9 Å². The molecular formula is C27H28N2O5S2. The molecule has 0 fully saturated rings. The highest BCUT2D eigenvalue weighted by molar-refractivity contribution is 8.14. The van der Waals surface area contributed by atoms with Gasteiger partial charge in [-0.05, 0) is 53.9 Å². The number of benzene rings is 3. The highest BCUT2D eigenvalue weighted by atomic mass is 32.2. The van der Waals surface area contributed by atoms with Gasteiger partial charge in [0.2, 0.25) is 0 Å². The summed E-state index contributed by atoms with van der Waals surface area (Å²) in [6.07, 6.45) is 0.837. The van der Waals surface area contributed by atoms with E-state index in [1.807, 2.05) is 30.3 Å². The second-order valence-corrected chi connectivity index (χ2v) is 11.6. The second-order valence-electron chi connectivity index (χ2n) is 8.46. The third-order valence-corrected chi connectivity index (χ3v) is 8.50. The van der Waals surface area contributed by atoms with E-state index < -0.39 is 21.7 Å². The molecule has 0 spiro atoms. The number of ether oxygens (including phenoxy) is 1. The summed E-state index contributed by atoms with van der Waals surface area (Å²) in [6, 6.07) is 23.0.